The molecule has 0 aliphatic rings. The Balaban J connectivity index is 1.89. The Hall–Kier alpha value is -2.62. The van der Waals surface area contributed by atoms with Gasteiger partial charge in [-0.1, -0.05) is 42.5 Å². The predicted molar refractivity (Wildman–Crippen MR) is 106 cm³/mol. The monoisotopic (exact) mass is 347 g/mol. The van der Waals surface area contributed by atoms with Crippen molar-refractivity contribution in [1.29, 1.82) is 0 Å². The fourth-order valence-corrected chi connectivity index (χ4v) is 2.95. The standard InChI is InChI=1S/C23H25NO2/c1-17(24)20-7-6-8-21(14-20)22-12-18(15-25-2)11-19(13-22)16-26-23-9-4-3-5-10-23/h3-14,17H,15-16,24H2,1-2H3. The molecule has 0 heterocycles. The van der Waals surface area contributed by atoms with Gasteiger partial charge in [0.15, 0.2) is 0 Å². The van der Waals surface area contributed by atoms with E-state index in [1.54, 1.807) is 7.11 Å². The molecule has 1 unspecified atom stereocenters. The van der Waals surface area contributed by atoms with Gasteiger partial charge in [-0.15, -0.1) is 0 Å². The predicted octanol–water partition coefficient (Wildman–Crippen LogP) is 5.10. The summed E-state index contributed by atoms with van der Waals surface area (Å²) in [5, 5.41) is 0. The first kappa shape index (κ1) is 18.2. The van der Waals surface area contributed by atoms with Crippen molar-refractivity contribution in [1.82, 2.24) is 0 Å². The number of ether oxygens (including phenoxy) is 2. The average Bonchev–Trinajstić information content (AvgIpc) is 2.67. The Labute approximate surface area is 155 Å². The molecule has 0 aromatic heterocycles. The first-order chi connectivity index (χ1) is 12.7. The van der Waals surface area contributed by atoms with E-state index < -0.39 is 0 Å². The summed E-state index contributed by atoms with van der Waals surface area (Å²) >= 11 is 0. The van der Waals surface area contributed by atoms with Crippen molar-refractivity contribution in [2.75, 3.05) is 7.11 Å². The van der Waals surface area contributed by atoms with Crippen molar-refractivity contribution < 1.29 is 9.47 Å². The minimum atomic E-state index is 0.0120. The number of rotatable bonds is 7. The molecule has 0 radical (unpaired) electrons. The lowest BCUT2D eigenvalue weighted by atomic mass is 9.97. The Kier molecular flexibility index (Phi) is 6.05. The van der Waals surface area contributed by atoms with Crippen LogP contribution in [0.1, 0.15) is 29.7 Å². The SMILES string of the molecule is COCc1cc(COc2ccccc2)cc(-c2cccc(C(C)N)c2)c1. The highest BCUT2D eigenvalue weighted by Gasteiger charge is 2.07. The van der Waals surface area contributed by atoms with Crippen molar-refractivity contribution >= 4 is 0 Å². The van der Waals surface area contributed by atoms with Crippen LogP contribution in [0.3, 0.4) is 0 Å². The molecule has 3 nitrogen and oxygen atoms in total. The topological polar surface area (TPSA) is 44.5 Å². The third-order valence-corrected chi connectivity index (χ3v) is 4.26. The zero-order chi connectivity index (χ0) is 18.4. The summed E-state index contributed by atoms with van der Waals surface area (Å²) in [5.74, 6) is 0.866. The highest BCUT2D eigenvalue weighted by atomic mass is 16.5. The van der Waals surface area contributed by atoms with Crippen LogP contribution in [0, 0.1) is 0 Å². The second-order valence-electron chi connectivity index (χ2n) is 6.49. The number of para-hydroxylation sites is 1. The first-order valence-corrected chi connectivity index (χ1v) is 8.81. The van der Waals surface area contributed by atoms with Gasteiger partial charge < -0.3 is 15.2 Å². The third-order valence-electron chi connectivity index (χ3n) is 4.26. The minimum Gasteiger partial charge on any atom is -0.489 e. The summed E-state index contributed by atoms with van der Waals surface area (Å²) in [7, 11) is 1.71. The van der Waals surface area contributed by atoms with Crippen LogP contribution in [0.5, 0.6) is 5.75 Å². The Bertz CT molecular complexity index is 844. The van der Waals surface area contributed by atoms with E-state index in [4.69, 9.17) is 15.2 Å². The maximum absolute atomic E-state index is 6.04. The summed E-state index contributed by atoms with van der Waals surface area (Å²) in [6.07, 6.45) is 0. The van der Waals surface area contributed by atoms with Crippen LogP contribution in [-0.2, 0) is 18.0 Å². The first-order valence-electron chi connectivity index (χ1n) is 8.81. The fourth-order valence-electron chi connectivity index (χ4n) is 2.95. The Morgan fingerprint density at radius 2 is 1.54 bits per heavy atom. The molecule has 134 valence electrons. The van der Waals surface area contributed by atoms with Crippen molar-refractivity contribution in [2.24, 2.45) is 5.73 Å². The minimum absolute atomic E-state index is 0.0120. The van der Waals surface area contributed by atoms with Gasteiger partial charge in [0, 0.05) is 13.2 Å². The Morgan fingerprint density at radius 1 is 0.808 bits per heavy atom. The molecule has 3 rings (SSSR count). The largest absolute Gasteiger partial charge is 0.489 e. The summed E-state index contributed by atoms with van der Waals surface area (Å²) < 4.78 is 11.3. The van der Waals surface area contributed by atoms with E-state index >= 15 is 0 Å². The van der Waals surface area contributed by atoms with Crippen LogP contribution in [0.2, 0.25) is 0 Å². The van der Waals surface area contributed by atoms with Crippen LogP contribution in [0.25, 0.3) is 11.1 Å². The van der Waals surface area contributed by atoms with E-state index in [2.05, 4.69) is 42.5 Å². The molecule has 0 fully saturated rings. The molecule has 3 aromatic carbocycles. The molecule has 0 amide bonds. The highest BCUT2D eigenvalue weighted by Crippen LogP contribution is 2.26. The van der Waals surface area contributed by atoms with Crippen LogP contribution in [0.4, 0.5) is 0 Å². The molecule has 0 saturated heterocycles. The van der Waals surface area contributed by atoms with E-state index in [0.717, 1.165) is 33.6 Å². The van der Waals surface area contributed by atoms with Crippen LogP contribution in [-0.4, -0.2) is 7.11 Å². The summed E-state index contributed by atoms with van der Waals surface area (Å²) in [4.78, 5) is 0. The molecule has 26 heavy (non-hydrogen) atoms. The molecule has 2 N–H and O–H groups in total. The van der Waals surface area contributed by atoms with Gasteiger partial charge in [-0.2, -0.15) is 0 Å². The van der Waals surface area contributed by atoms with Crippen molar-refractivity contribution in [3.8, 4) is 16.9 Å². The van der Waals surface area contributed by atoms with Gasteiger partial charge >= 0.3 is 0 Å². The highest BCUT2D eigenvalue weighted by molar-refractivity contribution is 5.66. The molecule has 0 bridgehead atoms. The van der Waals surface area contributed by atoms with Gasteiger partial charge in [0.2, 0.25) is 0 Å². The normalized spacial score (nSPS) is 12.0. The van der Waals surface area contributed by atoms with Crippen molar-refractivity contribution in [3.05, 3.63) is 89.5 Å². The van der Waals surface area contributed by atoms with Crippen LogP contribution >= 0.6 is 0 Å². The molecule has 3 heteroatoms. The number of hydrogen-bond donors (Lipinski definition) is 1. The lowest BCUT2D eigenvalue weighted by Gasteiger charge is -2.13. The number of benzene rings is 3. The Morgan fingerprint density at radius 3 is 2.23 bits per heavy atom. The summed E-state index contributed by atoms with van der Waals surface area (Å²) in [5.41, 5.74) is 11.7. The van der Waals surface area contributed by atoms with E-state index in [1.165, 1.54) is 0 Å². The van der Waals surface area contributed by atoms with Crippen molar-refractivity contribution in [2.45, 2.75) is 26.2 Å². The average molecular weight is 347 g/mol. The number of methoxy groups -OCH3 is 1. The second-order valence-corrected chi connectivity index (χ2v) is 6.49. The third kappa shape index (κ3) is 4.72. The van der Waals surface area contributed by atoms with Crippen molar-refractivity contribution in [3.63, 3.8) is 0 Å². The molecule has 0 saturated carbocycles. The maximum atomic E-state index is 6.04. The molecule has 0 aliphatic heterocycles. The van der Waals surface area contributed by atoms with Gasteiger partial charge in [0.25, 0.3) is 0 Å². The molecular formula is C23H25NO2. The molecule has 0 aliphatic carbocycles. The van der Waals surface area contributed by atoms with Gasteiger partial charge in [-0.05, 0) is 65.1 Å². The van der Waals surface area contributed by atoms with E-state index in [9.17, 15) is 0 Å². The van der Waals surface area contributed by atoms with Gasteiger partial charge in [-0.3, -0.25) is 0 Å². The molecule has 3 aromatic rings. The lowest BCUT2D eigenvalue weighted by Crippen LogP contribution is -2.04. The summed E-state index contributed by atoms with van der Waals surface area (Å²) in [6, 6.07) is 24.7. The van der Waals surface area contributed by atoms with E-state index in [1.807, 2.05) is 37.3 Å². The second kappa shape index (κ2) is 8.65. The number of hydrogen-bond acceptors (Lipinski definition) is 3. The fraction of sp³-hybridized carbons (Fsp3) is 0.217. The summed E-state index contributed by atoms with van der Waals surface area (Å²) in [6.45, 7) is 3.08. The molecule has 0 spiro atoms. The van der Waals surface area contributed by atoms with E-state index in [-0.39, 0.29) is 6.04 Å². The lowest BCUT2D eigenvalue weighted by molar-refractivity contribution is 0.184. The van der Waals surface area contributed by atoms with Gasteiger partial charge in [-0.25, -0.2) is 0 Å². The van der Waals surface area contributed by atoms with Crippen LogP contribution < -0.4 is 10.5 Å². The smallest absolute Gasteiger partial charge is 0.119 e. The molecular weight excluding hydrogens is 322 g/mol. The quantitative estimate of drug-likeness (QED) is 0.647. The zero-order valence-electron chi connectivity index (χ0n) is 15.3. The maximum Gasteiger partial charge on any atom is 0.119 e. The van der Waals surface area contributed by atoms with Gasteiger partial charge in [0.05, 0.1) is 6.61 Å². The van der Waals surface area contributed by atoms with E-state index in [0.29, 0.717) is 13.2 Å². The van der Waals surface area contributed by atoms with Crippen LogP contribution in [0.15, 0.2) is 72.8 Å². The number of nitrogens with two attached hydrogens (primary N) is 1. The zero-order valence-corrected chi connectivity index (χ0v) is 15.3. The van der Waals surface area contributed by atoms with Gasteiger partial charge in [0.1, 0.15) is 12.4 Å². The molecule has 1 atom stereocenters.